The van der Waals surface area contributed by atoms with E-state index < -0.39 is 0 Å². The van der Waals surface area contributed by atoms with Gasteiger partial charge in [0.05, 0.1) is 5.92 Å². The lowest BCUT2D eigenvalue weighted by Crippen LogP contribution is -2.10. The van der Waals surface area contributed by atoms with E-state index in [1.165, 1.54) is 11.1 Å². The van der Waals surface area contributed by atoms with Gasteiger partial charge >= 0.3 is 5.97 Å². The minimum Gasteiger partial charge on any atom is -0.461 e. The number of carbonyl (C=O) groups is 1. The molecule has 0 aliphatic carbocycles. The summed E-state index contributed by atoms with van der Waals surface area (Å²) in [6.45, 7) is 0. The van der Waals surface area contributed by atoms with Crippen LogP contribution in [0.15, 0.2) is 60.7 Å². The van der Waals surface area contributed by atoms with Crippen molar-refractivity contribution in [3.63, 3.8) is 0 Å². The number of thioether (sulfide) groups is 2. The number of hydrogen-bond donors (Lipinski definition) is 0. The Hall–Kier alpha value is -1.39. The van der Waals surface area contributed by atoms with E-state index >= 15 is 0 Å². The molecule has 0 unspecified atom stereocenters. The van der Waals surface area contributed by atoms with Crippen molar-refractivity contribution in [2.75, 3.05) is 11.5 Å². The van der Waals surface area contributed by atoms with E-state index in [9.17, 15) is 4.79 Å². The Kier molecular flexibility index (Phi) is 6.67. The third-order valence-corrected chi connectivity index (χ3v) is 6.33. The number of benzene rings is 2. The molecule has 0 aromatic heterocycles. The van der Waals surface area contributed by atoms with E-state index in [1.54, 1.807) is 0 Å². The molecule has 24 heavy (non-hydrogen) atoms. The van der Waals surface area contributed by atoms with Gasteiger partial charge in [0.2, 0.25) is 0 Å². The second kappa shape index (κ2) is 9.19. The summed E-state index contributed by atoms with van der Waals surface area (Å²) in [5.74, 6) is 3.72. The van der Waals surface area contributed by atoms with Crippen LogP contribution in [0.5, 0.6) is 0 Å². The van der Waals surface area contributed by atoms with Crippen LogP contribution in [-0.4, -0.2) is 23.6 Å². The SMILES string of the molecule is O=C1O[C@H](CSCc2ccccc2)C[C@@H]1CSCc1ccccc1. The molecule has 3 rings (SSSR count). The maximum absolute atomic E-state index is 12.0. The number of rotatable bonds is 8. The molecule has 2 atom stereocenters. The van der Waals surface area contributed by atoms with Crippen LogP contribution in [0.25, 0.3) is 0 Å². The normalized spacial score (nSPS) is 20.1. The monoisotopic (exact) mass is 358 g/mol. The quantitative estimate of drug-likeness (QED) is 0.634. The van der Waals surface area contributed by atoms with Gasteiger partial charge in [-0.25, -0.2) is 0 Å². The first-order valence-corrected chi connectivity index (χ1v) is 10.6. The molecular weight excluding hydrogens is 336 g/mol. The molecule has 0 spiro atoms. The third-order valence-electron chi connectivity index (χ3n) is 4.01. The molecule has 1 aliphatic heterocycles. The molecule has 2 nitrogen and oxygen atoms in total. The number of carbonyl (C=O) groups excluding carboxylic acids is 1. The fourth-order valence-corrected chi connectivity index (χ4v) is 4.85. The lowest BCUT2D eigenvalue weighted by atomic mass is 10.1. The molecule has 1 fully saturated rings. The molecule has 1 heterocycles. The van der Waals surface area contributed by atoms with Crippen LogP contribution in [-0.2, 0) is 21.0 Å². The number of hydrogen-bond acceptors (Lipinski definition) is 4. The van der Waals surface area contributed by atoms with Crippen molar-refractivity contribution in [3.8, 4) is 0 Å². The highest BCUT2D eigenvalue weighted by atomic mass is 32.2. The van der Waals surface area contributed by atoms with Gasteiger partial charge in [0.15, 0.2) is 0 Å². The zero-order valence-corrected chi connectivity index (χ0v) is 15.2. The minimum atomic E-state index is -0.0131. The van der Waals surface area contributed by atoms with Crippen molar-refractivity contribution in [1.82, 2.24) is 0 Å². The van der Waals surface area contributed by atoms with Crippen LogP contribution in [0.3, 0.4) is 0 Å². The summed E-state index contributed by atoms with van der Waals surface area (Å²) < 4.78 is 5.54. The van der Waals surface area contributed by atoms with Gasteiger partial charge < -0.3 is 4.74 Å². The summed E-state index contributed by atoms with van der Waals surface area (Å²) in [5, 5.41) is 0. The summed E-state index contributed by atoms with van der Waals surface area (Å²) in [6.07, 6.45) is 0.941. The van der Waals surface area contributed by atoms with Crippen LogP contribution in [0.2, 0.25) is 0 Å². The Morgan fingerprint density at radius 3 is 1.96 bits per heavy atom. The summed E-state index contributed by atoms with van der Waals surface area (Å²) >= 11 is 3.67. The Morgan fingerprint density at radius 2 is 1.38 bits per heavy atom. The molecule has 0 N–H and O–H groups in total. The number of ether oxygens (including phenoxy) is 1. The highest BCUT2D eigenvalue weighted by Crippen LogP contribution is 2.28. The van der Waals surface area contributed by atoms with Gasteiger partial charge in [-0.2, -0.15) is 23.5 Å². The van der Waals surface area contributed by atoms with Crippen LogP contribution < -0.4 is 0 Å². The molecule has 4 heteroatoms. The number of esters is 1. The maximum Gasteiger partial charge on any atom is 0.310 e. The largest absolute Gasteiger partial charge is 0.461 e. The molecule has 2 aromatic carbocycles. The molecule has 1 aliphatic rings. The summed E-state index contributed by atoms with van der Waals surface area (Å²) in [4.78, 5) is 12.0. The van der Waals surface area contributed by atoms with Crippen LogP contribution >= 0.6 is 23.5 Å². The molecule has 0 radical (unpaired) electrons. The van der Waals surface area contributed by atoms with Gasteiger partial charge in [-0.1, -0.05) is 60.7 Å². The van der Waals surface area contributed by atoms with E-state index in [0.717, 1.165) is 29.4 Å². The van der Waals surface area contributed by atoms with Crippen molar-refractivity contribution in [1.29, 1.82) is 0 Å². The van der Waals surface area contributed by atoms with Crippen LogP contribution in [0, 0.1) is 5.92 Å². The predicted octanol–water partition coefficient (Wildman–Crippen LogP) is 4.78. The van der Waals surface area contributed by atoms with Gasteiger partial charge in [0.1, 0.15) is 6.10 Å². The smallest absolute Gasteiger partial charge is 0.310 e. The minimum absolute atomic E-state index is 0.0131. The highest BCUT2D eigenvalue weighted by molar-refractivity contribution is 7.98. The molecule has 126 valence electrons. The zero-order chi connectivity index (χ0) is 16.6. The number of cyclic esters (lactones) is 1. The van der Waals surface area contributed by atoms with Crippen molar-refractivity contribution < 1.29 is 9.53 Å². The predicted molar refractivity (Wildman–Crippen MR) is 103 cm³/mol. The van der Waals surface area contributed by atoms with Crippen molar-refractivity contribution in [3.05, 3.63) is 71.8 Å². The summed E-state index contributed by atoms with van der Waals surface area (Å²) in [6, 6.07) is 20.8. The zero-order valence-electron chi connectivity index (χ0n) is 13.6. The van der Waals surface area contributed by atoms with Crippen molar-refractivity contribution >= 4 is 29.5 Å². The van der Waals surface area contributed by atoms with Crippen LogP contribution in [0.1, 0.15) is 17.5 Å². The van der Waals surface area contributed by atoms with E-state index in [0.29, 0.717) is 0 Å². The lowest BCUT2D eigenvalue weighted by molar-refractivity contribution is -0.143. The Morgan fingerprint density at radius 1 is 0.833 bits per heavy atom. The standard InChI is InChI=1S/C20H22O2S2/c21-20-18(14-23-12-16-7-3-1-4-8-16)11-19(22-20)15-24-13-17-9-5-2-6-10-17/h1-10,18-19H,11-15H2/t18-,19+/m1/s1. The highest BCUT2D eigenvalue weighted by Gasteiger charge is 2.33. The van der Waals surface area contributed by atoms with Gasteiger partial charge in [-0.3, -0.25) is 4.79 Å². The molecule has 0 saturated carbocycles. The van der Waals surface area contributed by atoms with Crippen molar-refractivity contribution in [2.24, 2.45) is 5.92 Å². The van der Waals surface area contributed by atoms with Gasteiger partial charge in [-0.15, -0.1) is 0 Å². The van der Waals surface area contributed by atoms with Crippen LogP contribution in [0.4, 0.5) is 0 Å². The topological polar surface area (TPSA) is 26.3 Å². The molecule has 1 saturated heterocycles. The lowest BCUT2D eigenvalue weighted by Gasteiger charge is -2.08. The van der Waals surface area contributed by atoms with E-state index in [-0.39, 0.29) is 18.0 Å². The first-order valence-electron chi connectivity index (χ1n) is 8.25. The Labute approximate surface area is 152 Å². The molecule has 0 bridgehead atoms. The fourth-order valence-electron chi connectivity index (χ4n) is 2.74. The Bertz CT molecular complexity index is 631. The van der Waals surface area contributed by atoms with Crippen molar-refractivity contribution in [2.45, 2.75) is 24.0 Å². The molecular formula is C20H22O2S2. The molecule has 0 amide bonds. The van der Waals surface area contributed by atoms with E-state index in [1.807, 2.05) is 35.7 Å². The first kappa shape index (κ1) is 17.4. The van der Waals surface area contributed by atoms with Gasteiger partial charge in [0.25, 0.3) is 0 Å². The first-order chi connectivity index (χ1) is 11.8. The third kappa shape index (κ3) is 5.32. The fraction of sp³-hybridized carbons (Fsp3) is 0.350. The maximum atomic E-state index is 12.0. The van der Waals surface area contributed by atoms with Gasteiger partial charge in [0, 0.05) is 23.0 Å². The molecule has 2 aromatic rings. The Balaban J connectivity index is 1.36. The van der Waals surface area contributed by atoms with Gasteiger partial charge in [-0.05, 0) is 17.5 Å². The average molecular weight is 359 g/mol. The average Bonchev–Trinajstić information content (AvgIpc) is 2.97. The van der Waals surface area contributed by atoms with E-state index in [4.69, 9.17) is 4.74 Å². The second-order valence-corrected chi connectivity index (χ2v) is 8.05. The summed E-state index contributed by atoms with van der Waals surface area (Å²) in [5.41, 5.74) is 2.63. The summed E-state index contributed by atoms with van der Waals surface area (Å²) in [7, 11) is 0. The van der Waals surface area contributed by atoms with E-state index in [2.05, 4.69) is 48.5 Å². The second-order valence-electron chi connectivity index (χ2n) is 5.99.